The number of hydrogen-bond acceptors (Lipinski definition) is 5. The standard InChI is InChI=1S/C30H32N2O4/c1-18(2)23-16-19(9-14-24(23)36-6)27(33)25-26(20-8-7-15-31-17-20)32(29(35)28(25)34)22-12-10-21(11-13-22)30(3,4)5/h7-18,26,33H,1-6H3/b27-25-. The molecule has 1 aromatic heterocycles. The Kier molecular flexibility index (Phi) is 6.72. The average Bonchev–Trinajstić information content (AvgIpc) is 3.13. The van der Waals surface area contributed by atoms with E-state index in [1.165, 1.54) is 4.90 Å². The van der Waals surface area contributed by atoms with E-state index in [4.69, 9.17) is 4.74 Å². The fraction of sp³-hybridized carbons (Fsp3) is 0.300. The Labute approximate surface area is 212 Å². The van der Waals surface area contributed by atoms with Crippen LogP contribution in [0.4, 0.5) is 5.69 Å². The van der Waals surface area contributed by atoms with E-state index in [0.717, 1.165) is 11.1 Å². The number of ketones is 1. The van der Waals surface area contributed by atoms with Crippen LogP contribution in [0.5, 0.6) is 5.75 Å². The Balaban J connectivity index is 1.90. The molecule has 1 amide bonds. The minimum Gasteiger partial charge on any atom is -0.507 e. The number of amides is 1. The van der Waals surface area contributed by atoms with Crippen molar-refractivity contribution in [3.05, 3.63) is 94.8 Å². The molecule has 6 heteroatoms. The van der Waals surface area contributed by atoms with Crippen LogP contribution in [-0.2, 0) is 15.0 Å². The highest BCUT2D eigenvalue weighted by atomic mass is 16.5. The summed E-state index contributed by atoms with van der Waals surface area (Å²) in [5.74, 6) is -0.814. The van der Waals surface area contributed by atoms with E-state index in [9.17, 15) is 14.7 Å². The van der Waals surface area contributed by atoms with Crippen molar-refractivity contribution in [1.82, 2.24) is 4.98 Å². The average molecular weight is 485 g/mol. The normalized spacial score (nSPS) is 17.6. The molecule has 36 heavy (non-hydrogen) atoms. The van der Waals surface area contributed by atoms with Crippen molar-refractivity contribution >= 4 is 23.1 Å². The lowest BCUT2D eigenvalue weighted by Crippen LogP contribution is -2.29. The molecule has 6 nitrogen and oxygen atoms in total. The number of pyridine rings is 1. The van der Waals surface area contributed by atoms with E-state index in [0.29, 0.717) is 22.6 Å². The van der Waals surface area contributed by atoms with Gasteiger partial charge in [0, 0.05) is 23.6 Å². The minimum atomic E-state index is -0.816. The largest absolute Gasteiger partial charge is 0.507 e. The van der Waals surface area contributed by atoms with Crippen molar-refractivity contribution in [2.75, 3.05) is 12.0 Å². The summed E-state index contributed by atoms with van der Waals surface area (Å²) in [6, 6.07) is 15.6. The van der Waals surface area contributed by atoms with Gasteiger partial charge in [0.2, 0.25) is 0 Å². The van der Waals surface area contributed by atoms with Crippen LogP contribution in [0.15, 0.2) is 72.6 Å². The number of anilines is 1. The first-order valence-electron chi connectivity index (χ1n) is 12.0. The first-order valence-corrected chi connectivity index (χ1v) is 12.0. The topological polar surface area (TPSA) is 79.7 Å². The summed E-state index contributed by atoms with van der Waals surface area (Å²) >= 11 is 0. The van der Waals surface area contributed by atoms with Gasteiger partial charge in [-0.2, -0.15) is 0 Å². The minimum absolute atomic E-state index is 0.0350. The van der Waals surface area contributed by atoms with Crippen LogP contribution in [0.2, 0.25) is 0 Å². The van der Waals surface area contributed by atoms with Crippen molar-refractivity contribution in [1.29, 1.82) is 0 Å². The summed E-state index contributed by atoms with van der Waals surface area (Å²) in [6.45, 7) is 10.4. The lowest BCUT2D eigenvalue weighted by atomic mass is 9.87. The SMILES string of the molecule is COc1ccc(/C(O)=C2/C(=O)C(=O)N(c3ccc(C(C)(C)C)cc3)C2c2cccnc2)cc1C(C)C. The Hall–Kier alpha value is -3.93. The maximum atomic E-state index is 13.4. The molecule has 1 fully saturated rings. The molecule has 1 aliphatic rings. The van der Waals surface area contributed by atoms with E-state index in [2.05, 4.69) is 25.8 Å². The Morgan fingerprint density at radius 3 is 2.31 bits per heavy atom. The number of aromatic nitrogens is 1. The number of benzene rings is 2. The first-order chi connectivity index (χ1) is 17.0. The molecule has 1 saturated heterocycles. The van der Waals surface area contributed by atoms with Gasteiger partial charge in [-0.1, -0.05) is 52.8 Å². The van der Waals surface area contributed by atoms with Gasteiger partial charge in [-0.25, -0.2) is 0 Å². The second-order valence-corrected chi connectivity index (χ2v) is 10.4. The van der Waals surface area contributed by atoms with Gasteiger partial charge in [-0.3, -0.25) is 19.5 Å². The quantitative estimate of drug-likeness (QED) is 0.267. The molecule has 2 heterocycles. The van der Waals surface area contributed by atoms with Crippen molar-refractivity contribution < 1.29 is 19.4 Å². The number of aliphatic hydroxyl groups excluding tert-OH is 1. The molecule has 1 N–H and O–H groups in total. The summed E-state index contributed by atoms with van der Waals surface area (Å²) in [5.41, 5.74) is 3.65. The summed E-state index contributed by atoms with van der Waals surface area (Å²) in [7, 11) is 1.60. The molecule has 1 atom stereocenters. The molecule has 0 radical (unpaired) electrons. The fourth-order valence-electron chi connectivity index (χ4n) is 4.56. The molecule has 0 bridgehead atoms. The van der Waals surface area contributed by atoms with E-state index in [1.807, 2.05) is 44.2 Å². The van der Waals surface area contributed by atoms with Crippen LogP contribution in [0.1, 0.15) is 68.8 Å². The maximum absolute atomic E-state index is 13.4. The van der Waals surface area contributed by atoms with Gasteiger partial charge in [0.05, 0.1) is 18.7 Å². The van der Waals surface area contributed by atoms with Crippen LogP contribution < -0.4 is 9.64 Å². The highest BCUT2D eigenvalue weighted by Crippen LogP contribution is 2.43. The van der Waals surface area contributed by atoms with Gasteiger partial charge in [0.25, 0.3) is 11.7 Å². The number of aliphatic hydroxyl groups is 1. The number of methoxy groups -OCH3 is 1. The molecular weight excluding hydrogens is 452 g/mol. The molecule has 1 aliphatic heterocycles. The third-order valence-electron chi connectivity index (χ3n) is 6.58. The molecule has 1 unspecified atom stereocenters. The van der Waals surface area contributed by atoms with Crippen LogP contribution in [0.25, 0.3) is 5.76 Å². The zero-order valence-corrected chi connectivity index (χ0v) is 21.6. The number of carbonyl (C=O) groups excluding carboxylic acids is 2. The number of hydrogen-bond donors (Lipinski definition) is 1. The van der Waals surface area contributed by atoms with Crippen LogP contribution in [-0.4, -0.2) is 28.9 Å². The zero-order valence-electron chi connectivity index (χ0n) is 21.6. The lowest BCUT2D eigenvalue weighted by Gasteiger charge is -2.26. The van der Waals surface area contributed by atoms with Crippen LogP contribution in [0, 0.1) is 0 Å². The predicted octanol–water partition coefficient (Wildman–Crippen LogP) is 6.14. The third-order valence-corrected chi connectivity index (χ3v) is 6.58. The molecular formula is C30H32N2O4. The summed E-state index contributed by atoms with van der Waals surface area (Å²) in [5, 5.41) is 11.4. The maximum Gasteiger partial charge on any atom is 0.300 e. The number of rotatable bonds is 5. The number of Topliss-reactive ketones (excluding diaryl/α,β-unsaturated/α-hetero) is 1. The van der Waals surface area contributed by atoms with Gasteiger partial charge in [0.1, 0.15) is 11.5 Å². The second-order valence-electron chi connectivity index (χ2n) is 10.4. The van der Waals surface area contributed by atoms with E-state index >= 15 is 0 Å². The molecule has 3 aromatic rings. The highest BCUT2D eigenvalue weighted by molar-refractivity contribution is 6.51. The van der Waals surface area contributed by atoms with Gasteiger partial charge in [0.15, 0.2) is 0 Å². The van der Waals surface area contributed by atoms with Gasteiger partial charge in [-0.15, -0.1) is 0 Å². The highest BCUT2D eigenvalue weighted by Gasteiger charge is 2.47. The van der Waals surface area contributed by atoms with Crippen molar-refractivity contribution in [2.45, 2.75) is 52.0 Å². The first kappa shape index (κ1) is 25.2. The number of carbonyl (C=O) groups is 2. The van der Waals surface area contributed by atoms with Gasteiger partial charge >= 0.3 is 0 Å². The lowest BCUT2D eigenvalue weighted by molar-refractivity contribution is -0.132. The number of ether oxygens (including phenoxy) is 1. The van der Waals surface area contributed by atoms with Gasteiger partial charge in [-0.05, 0) is 64.4 Å². The number of nitrogens with zero attached hydrogens (tertiary/aromatic N) is 2. The van der Waals surface area contributed by atoms with Crippen molar-refractivity contribution in [3.63, 3.8) is 0 Å². The third kappa shape index (κ3) is 4.51. The zero-order chi connectivity index (χ0) is 26.2. The fourth-order valence-corrected chi connectivity index (χ4v) is 4.56. The Morgan fingerprint density at radius 2 is 1.75 bits per heavy atom. The van der Waals surface area contributed by atoms with E-state index in [1.54, 1.807) is 43.8 Å². The monoisotopic (exact) mass is 484 g/mol. The molecule has 0 spiro atoms. The molecule has 4 rings (SSSR count). The van der Waals surface area contributed by atoms with Crippen LogP contribution >= 0.6 is 0 Å². The van der Waals surface area contributed by atoms with Crippen molar-refractivity contribution in [3.8, 4) is 5.75 Å². The van der Waals surface area contributed by atoms with E-state index in [-0.39, 0.29) is 22.7 Å². The molecule has 2 aromatic carbocycles. The smallest absolute Gasteiger partial charge is 0.300 e. The second kappa shape index (κ2) is 9.61. The van der Waals surface area contributed by atoms with Crippen LogP contribution in [0.3, 0.4) is 0 Å². The molecule has 186 valence electrons. The van der Waals surface area contributed by atoms with Crippen molar-refractivity contribution in [2.24, 2.45) is 0 Å². The summed E-state index contributed by atoms with van der Waals surface area (Å²) in [6.07, 6.45) is 3.25. The summed E-state index contributed by atoms with van der Waals surface area (Å²) < 4.78 is 5.47. The summed E-state index contributed by atoms with van der Waals surface area (Å²) in [4.78, 5) is 32.4. The Morgan fingerprint density at radius 1 is 1.06 bits per heavy atom. The molecule has 0 aliphatic carbocycles. The van der Waals surface area contributed by atoms with Gasteiger partial charge < -0.3 is 9.84 Å². The van der Waals surface area contributed by atoms with E-state index < -0.39 is 17.7 Å². The molecule has 0 saturated carbocycles. The Bertz CT molecular complexity index is 1320. The predicted molar refractivity (Wildman–Crippen MR) is 141 cm³/mol.